The Balaban J connectivity index is 1.97. The molecule has 120 valence electrons. The number of hydrogen-bond acceptors (Lipinski definition) is 1. The van der Waals surface area contributed by atoms with Gasteiger partial charge in [-0.3, -0.25) is 4.99 Å². The van der Waals surface area contributed by atoms with Gasteiger partial charge in [-0.1, -0.05) is 18.2 Å². The lowest BCUT2D eigenvalue weighted by molar-refractivity contribution is 0.447. The van der Waals surface area contributed by atoms with Crippen molar-refractivity contribution in [3.05, 3.63) is 70.0 Å². The molecule has 2 aromatic carbocycles. The highest BCUT2D eigenvalue weighted by Gasteiger charge is 2.28. The standard InChI is InChI=1S/C20H23FN2/c1-13-9-16-11-20(3,4)23-19(18(16)10-14(13)2)22-12-15-5-7-17(21)8-6-15/h5-10H,11-12H2,1-4H3,(H,22,23). The summed E-state index contributed by atoms with van der Waals surface area (Å²) in [7, 11) is 0. The van der Waals surface area contributed by atoms with Crippen molar-refractivity contribution in [2.75, 3.05) is 0 Å². The second-order valence-corrected chi connectivity index (χ2v) is 7.07. The van der Waals surface area contributed by atoms with Crippen molar-refractivity contribution in [1.29, 1.82) is 0 Å². The molecule has 23 heavy (non-hydrogen) atoms. The van der Waals surface area contributed by atoms with Gasteiger partial charge in [-0.05, 0) is 74.6 Å². The highest BCUT2D eigenvalue weighted by atomic mass is 19.1. The fourth-order valence-corrected chi connectivity index (χ4v) is 3.04. The van der Waals surface area contributed by atoms with Crippen LogP contribution >= 0.6 is 0 Å². The molecular formula is C20H23FN2. The van der Waals surface area contributed by atoms with Crippen LogP contribution in [-0.2, 0) is 13.0 Å². The largest absolute Gasteiger partial charge is 0.365 e. The number of aryl methyl sites for hydroxylation is 2. The van der Waals surface area contributed by atoms with Gasteiger partial charge in [-0.15, -0.1) is 0 Å². The van der Waals surface area contributed by atoms with E-state index in [1.807, 2.05) is 0 Å². The number of amidine groups is 1. The first kappa shape index (κ1) is 15.7. The molecule has 0 aliphatic carbocycles. The Hall–Kier alpha value is -2.16. The second-order valence-electron chi connectivity index (χ2n) is 7.07. The maximum absolute atomic E-state index is 13.0. The number of benzene rings is 2. The number of hydrogen-bond donors (Lipinski definition) is 1. The van der Waals surface area contributed by atoms with Crippen LogP contribution in [-0.4, -0.2) is 11.4 Å². The molecule has 0 amide bonds. The summed E-state index contributed by atoms with van der Waals surface area (Å²) in [5.74, 6) is 0.721. The van der Waals surface area contributed by atoms with E-state index in [-0.39, 0.29) is 11.4 Å². The van der Waals surface area contributed by atoms with Gasteiger partial charge < -0.3 is 5.32 Å². The molecule has 3 heteroatoms. The summed E-state index contributed by atoms with van der Waals surface area (Å²) < 4.78 is 13.0. The first-order valence-corrected chi connectivity index (χ1v) is 8.02. The molecule has 1 aliphatic rings. The van der Waals surface area contributed by atoms with Gasteiger partial charge in [0.25, 0.3) is 0 Å². The normalized spacial score (nSPS) is 17.7. The van der Waals surface area contributed by atoms with E-state index in [2.05, 4.69) is 45.1 Å². The summed E-state index contributed by atoms with van der Waals surface area (Å²) in [5, 5.41) is 3.55. The Bertz CT molecular complexity index is 758. The van der Waals surface area contributed by atoms with Crippen molar-refractivity contribution in [3.8, 4) is 0 Å². The molecule has 0 atom stereocenters. The zero-order chi connectivity index (χ0) is 16.6. The van der Waals surface area contributed by atoms with Gasteiger partial charge in [0.1, 0.15) is 11.7 Å². The number of rotatable bonds is 2. The van der Waals surface area contributed by atoms with E-state index in [9.17, 15) is 4.39 Å². The lowest BCUT2D eigenvalue weighted by Gasteiger charge is -2.35. The Morgan fingerprint density at radius 1 is 1.09 bits per heavy atom. The number of aliphatic imine (C=N–C) groups is 1. The van der Waals surface area contributed by atoms with Crippen LogP contribution in [0.25, 0.3) is 0 Å². The lowest BCUT2D eigenvalue weighted by atomic mass is 9.85. The average Bonchev–Trinajstić information content (AvgIpc) is 2.47. The van der Waals surface area contributed by atoms with E-state index >= 15 is 0 Å². The Morgan fingerprint density at radius 3 is 2.43 bits per heavy atom. The Morgan fingerprint density at radius 2 is 1.74 bits per heavy atom. The van der Waals surface area contributed by atoms with E-state index in [0.717, 1.165) is 17.8 Å². The Labute approximate surface area is 137 Å². The minimum absolute atomic E-state index is 0.0175. The van der Waals surface area contributed by atoms with E-state index in [0.29, 0.717) is 6.54 Å². The fraction of sp³-hybridized carbons (Fsp3) is 0.350. The summed E-state index contributed by atoms with van der Waals surface area (Å²) >= 11 is 0. The molecule has 1 N–H and O–H groups in total. The van der Waals surface area contributed by atoms with E-state index < -0.39 is 0 Å². The molecule has 2 aromatic rings. The molecular weight excluding hydrogens is 287 g/mol. The van der Waals surface area contributed by atoms with Crippen LogP contribution in [0.2, 0.25) is 0 Å². The van der Waals surface area contributed by atoms with Gasteiger partial charge in [-0.25, -0.2) is 4.39 Å². The van der Waals surface area contributed by atoms with Gasteiger partial charge in [0.2, 0.25) is 0 Å². The number of nitrogens with one attached hydrogen (secondary N) is 1. The molecule has 3 rings (SSSR count). The summed E-state index contributed by atoms with van der Waals surface area (Å²) in [6, 6.07) is 11.0. The fourth-order valence-electron chi connectivity index (χ4n) is 3.04. The SMILES string of the molecule is Cc1cc2c(cc1C)C(=NCc1ccc(F)cc1)NC(C)(C)C2. The molecule has 1 aliphatic heterocycles. The summed E-state index contributed by atoms with van der Waals surface area (Å²) in [6.45, 7) is 9.22. The third kappa shape index (κ3) is 3.44. The molecule has 0 unspecified atom stereocenters. The quantitative estimate of drug-likeness (QED) is 0.878. The van der Waals surface area contributed by atoms with Gasteiger partial charge in [0.05, 0.1) is 6.54 Å². The van der Waals surface area contributed by atoms with Crippen LogP contribution in [0, 0.1) is 19.7 Å². The van der Waals surface area contributed by atoms with Gasteiger partial charge in [-0.2, -0.15) is 0 Å². The van der Waals surface area contributed by atoms with E-state index in [4.69, 9.17) is 4.99 Å². The smallest absolute Gasteiger partial charge is 0.129 e. The molecule has 0 spiro atoms. The highest BCUT2D eigenvalue weighted by molar-refractivity contribution is 6.02. The summed E-state index contributed by atoms with van der Waals surface area (Å²) in [4.78, 5) is 4.77. The van der Waals surface area contributed by atoms with Crippen LogP contribution in [0.5, 0.6) is 0 Å². The van der Waals surface area contributed by atoms with Crippen LogP contribution in [0.15, 0.2) is 41.4 Å². The summed E-state index contributed by atoms with van der Waals surface area (Å²) in [6.07, 6.45) is 0.985. The molecule has 0 saturated heterocycles. The molecule has 0 saturated carbocycles. The lowest BCUT2D eigenvalue weighted by Crippen LogP contribution is -2.49. The van der Waals surface area contributed by atoms with Crippen molar-refractivity contribution < 1.29 is 4.39 Å². The minimum Gasteiger partial charge on any atom is -0.365 e. The van der Waals surface area contributed by atoms with E-state index in [1.165, 1.54) is 34.4 Å². The zero-order valence-corrected chi connectivity index (χ0v) is 14.2. The minimum atomic E-state index is -0.213. The molecule has 0 aromatic heterocycles. The van der Waals surface area contributed by atoms with Gasteiger partial charge in [0.15, 0.2) is 0 Å². The van der Waals surface area contributed by atoms with Crippen LogP contribution in [0.1, 0.15) is 41.7 Å². The molecule has 0 radical (unpaired) electrons. The third-order valence-corrected chi connectivity index (χ3v) is 4.40. The third-order valence-electron chi connectivity index (χ3n) is 4.40. The molecule has 2 nitrogen and oxygen atoms in total. The monoisotopic (exact) mass is 310 g/mol. The first-order valence-electron chi connectivity index (χ1n) is 8.02. The predicted octanol–water partition coefficient (Wildman–Crippen LogP) is 4.31. The van der Waals surface area contributed by atoms with Crippen molar-refractivity contribution in [3.63, 3.8) is 0 Å². The average molecular weight is 310 g/mol. The predicted molar refractivity (Wildman–Crippen MR) is 93.5 cm³/mol. The highest BCUT2D eigenvalue weighted by Crippen LogP contribution is 2.26. The van der Waals surface area contributed by atoms with Crippen molar-refractivity contribution in [2.45, 2.75) is 46.2 Å². The van der Waals surface area contributed by atoms with Crippen LogP contribution < -0.4 is 5.32 Å². The Kier molecular flexibility index (Phi) is 3.97. The zero-order valence-electron chi connectivity index (χ0n) is 14.2. The van der Waals surface area contributed by atoms with Crippen molar-refractivity contribution >= 4 is 5.84 Å². The summed E-state index contributed by atoms with van der Waals surface area (Å²) in [5.41, 5.74) is 6.12. The topological polar surface area (TPSA) is 24.4 Å². The molecule has 0 fully saturated rings. The maximum Gasteiger partial charge on any atom is 0.129 e. The van der Waals surface area contributed by atoms with Crippen LogP contribution in [0.4, 0.5) is 4.39 Å². The van der Waals surface area contributed by atoms with E-state index in [1.54, 1.807) is 12.1 Å². The number of halogens is 1. The molecule has 1 heterocycles. The van der Waals surface area contributed by atoms with Gasteiger partial charge in [0, 0.05) is 11.1 Å². The first-order chi connectivity index (χ1) is 10.8. The van der Waals surface area contributed by atoms with Crippen LogP contribution in [0.3, 0.4) is 0 Å². The number of fused-ring (bicyclic) bond motifs is 1. The van der Waals surface area contributed by atoms with Crippen molar-refractivity contribution in [1.82, 2.24) is 5.32 Å². The molecule has 0 bridgehead atoms. The van der Waals surface area contributed by atoms with Crippen molar-refractivity contribution in [2.24, 2.45) is 4.99 Å². The second kappa shape index (κ2) is 5.80. The van der Waals surface area contributed by atoms with Gasteiger partial charge >= 0.3 is 0 Å². The maximum atomic E-state index is 13.0. The number of nitrogens with zero attached hydrogens (tertiary/aromatic N) is 1.